The van der Waals surface area contributed by atoms with Crippen molar-refractivity contribution in [2.75, 3.05) is 10.6 Å². The quantitative estimate of drug-likeness (QED) is 0.229. The maximum Gasteiger partial charge on any atom is 0.412 e. The molecule has 2 bridgehead atoms. The van der Waals surface area contributed by atoms with Crippen molar-refractivity contribution in [2.24, 2.45) is 0 Å². The van der Waals surface area contributed by atoms with Crippen LogP contribution < -0.4 is 10.6 Å². The van der Waals surface area contributed by atoms with E-state index in [1.54, 1.807) is 45.0 Å². The van der Waals surface area contributed by atoms with Gasteiger partial charge in [0.25, 0.3) is 0 Å². The van der Waals surface area contributed by atoms with Crippen LogP contribution in [0.1, 0.15) is 51.3 Å². The molecular weight excluding hydrogens is 572 g/mol. The minimum atomic E-state index is -0.837. The Bertz CT molecular complexity index is 1730. The number of halogens is 3. The standard InChI is InChI=1S/C34H30ClF2N3O3/c1-34(2,3)43-33(42)39-23-12-13-25-21-8-6-7-20(17-21)24(9-4-5-10-30(41)40-29(25)18-23)28-16-11-22(19-38-28)31-27(36)15-14-26(35)32(31)37/h6-9,11-19H,4-5,10H2,1-3H3,(H,39,42)(H,40,41)/b24-9+. The third-order valence-electron chi connectivity index (χ3n) is 6.75. The Hall–Kier alpha value is -4.56. The Balaban J connectivity index is 1.51. The summed E-state index contributed by atoms with van der Waals surface area (Å²) in [5.41, 5.74) is 4.33. The van der Waals surface area contributed by atoms with Gasteiger partial charge in [0.05, 0.1) is 22.0 Å². The maximum atomic E-state index is 14.6. The Morgan fingerprint density at radius 1 is 1.00 bits per heavy atom. The number of carbonyl (C=O) groups is 2. The summed E-state index contributed by atoms with van der Waals surface area (Å²) in [5.74, 6) is -1.72. The van der Waals surface area contributed by atoms with Crippen molar-refractivity contribution in [1.82, 2.24) is 4.98 Å². The molecule has 0 saturated heterocycles. The lowest BCUT2D eigenvalue weighted by Crippen LogP contribution is -2.27. The van der Waals surface area contributed by atoms with E-state index in [1.165, 1.54) is 12.3 Å². The normalized spacial score (nSPS) is 14.7. The summed E-state index contributed by atoms with van der Waals surface area (Å²) in [6, 6.07) is 18.7. The van der Waals surface area contributed by atoms with Gasteiger partial charge in [0.1, 0.15) is 11.4 Å². The molecule has 2 N–H and O–H groups in total. The molecule has 1 aromatic heterocycles. The van der Waals surface area contributed by atoms with Gasteiger partial charge in [-0.25, -0.2) is 13.6 Å². The van der Waals surface area contributed by atoms with Crippen LogP contribution in [0.3, 0.4) is 0 Å². The lowest BCUT2D eigenvalue weighted by atomic mass is 9.94. The molecule has 0 fully saturated rings. The Morgan fingerprint density at radius 3 is 2.53 bits per heavy atom. The number of hydrogen-bond acceptors (Lipinski definition) is 4. The van der Waals surface area contributed by atoms with E-state index in [-0.39, 0.29) is 28.5 Å². The van der Waals surface area contributed by atoms with Crippen LogP contribution in [0.2, 0.25) is 5.02 Å². The van der Waals surface area contributed by atoms with Crippen LogP contribution in [0.25, 0.3) is 27.8 Å². The summed E-state index contributed by atoms with van der Waals surface area (Å²) in [6.07, 6.45) is 4.31. The number of allylic oxidation sites excluding steroid dienone is 1. The highest BCUT2D eigenvalue weighted by atomic mass is 35.5. The van der Waals surface area contributed by atoms with Crippen molar-refractivity contribution in [2.45, 2.75) is 45.6 Å². The molecule has 220 valence electrons. The number of pyridine rings is 1. The summed E-state index contributed by atoms with van der Waals surface area (Å²) in [6.45, 7) is 5.34. The van der Waals surface area contributed by atoms with Crippen LogP contribution >= 0.6 is 11.6 Å². The molecule has 5 rings (SSSR count). The van der Waals surface area contributed by atoms with E-state index in [0.717, 1.165) is 28.3 Å². The van der Waals surface area contributed by atoms with Crippen LogP contribution in [0.15, 0.2) is 79.0 Å². The molecule has 1 aliphatic heterocycles. The molecule has 6 nitrogen and oxygen atoms in total. The monoisotopic (exact) mass is 601 g/mol. The van der Waals surface area contributed by atoms with Gasteiger partial charge in [0.15, 0.2) is 5.82 Å². The first-order valence-corrected chi connectivity index (χ1v) is 14.2. The predicted molar refractivity (Wildman–Crippen MR) is 166 cm³/mol. The fourth-order valence-electron chi connectivity index (χ4n) is 4.84. The third kappa shape index (κ3) is 7.09. The topological polar surface area (TPSA) is 80.3 Å². The van der Waals surface area contributed by atoms with Gasteiger partial charge in [-0.15, -0.1) is 0 Å². The zero-order valence-electron chi connectivity index (χ0n) is 23.9. The molecule has 2 heterocycles. The van der Waals surface area contributed by atoms with Gasteiger partial charge in [-0.3, -0.25) is 15.1 Å². The first kappa shape index (κ1) is 29.9. The highest BCUT2D eigenvalue weighted by Gasteiger charge is 2.19. The number of ether oxygens (including phenoxy) is 1. The van der Waals surface area contributed by atoms with E-state index in [4.69, 9.17) is 16.3 Å². The van der Waals surface area contributed by atoms with Crippen molar-refractivity contribution < 1.29 is 23.1 Å². The predicted octanol–water partition coefficient (Wildman–Crippen LogP) is 9.25. The molecule has 0 unspecified atom stereocenters. The van der Waals surface area contributed by atoms with Crippen molar-refractivity contribution >= 4 is 40.5 Å². The SMILES string of the molecule is CC(C)(C)OC(=O)Nc1ccc2c(c1)NC(=O)CCC/C=C(/c1ccc(-c3c(F)ccc(Cl)c3F)cn1)c1cccc-2c1. The second kappa shape index (κ2) is 12.4. The molecule has 0 saturated carbocycles. The summed E-state index contributed by atoms with van der Waals surface area (Å²) in [7, 11) is 0. The van der Waals surface area contributed by atoms with Gasteiger partial charge < -0.3 is 10.1 Å². The number of carbonyl (C=O) groups excluding carboxylic acids is 2. The number of hydrogen-bond donors (Lipinski definition) is 2. The van der Waals surface area contributed by atoms with Crippen molar-refractivity contribution in [3.63, 3.8) is 0 Å². The van der Waals surface area contributed by atoms with E-state index in [1.807, 2.05) is 36.4 Å². The highest BCUT2D eigenvalue weighted by Crippen LogP contribution is 2.36. The van der Waals surface area contributed by atoms with Gasteiger partial charge in [0, 0.05) is 35.0 Å². The molecule has 0 spiro atoms. The zero-order valence-corrected chi connectivity index (χ0v) is 24.7. The molecule has 43 heavy (non-hydrogen) atoms. The van der Waals surface area contributed by atoms with E-state index < -0.39 is 23.3 Å². The Kier molecular flexibility index (Phi) is 8.59. The fourth-order valence-corrected chi connectivity index (χ4v) is 5.00. The summed E-state index contributed by atoms with van der Waals surface area (Å²) in [4.78, 5) is 29.8. The number of benzene rings is 3. The van der Waals surface area contributed by atoms with Gasteiger partial charge in [0.2, 0.25) is 5.91 Å². The molecule has 0 aliphatic carbocycles. The van der Waals surface area contributed by atoms with E-state index in [2.05, 4.69) is 15.6 Å². The lowest BCUT2D eigenvalue weighted by Gasteiger charge is -2.20. The number of rotatable bonds is 3. The first-order chi connectivity index (χ1) is 20.5. The molecule has 4 aromatic rings. The van der Waals surface area contributed by atoms with Crippen molar-refractivity contribution in [3.05, 3.63) is 107 Å². The zero-order chi connectivity index (χ0) is 30.7. The Morgan fingerprint density at radius 2 is 1.79 bits per heavy atom. The first-order valence-electron chi connectivity index (χ1n) is 13.8. The second-order valence-corrected chi connectivity index (χ2v) is 11.6. The lowest BCUT2D eigenvalue weighted by molar-refractivity contribution is -0.116. The molecule has 1 aliphatic rings. The molecule has 2 amide bonds. The molecule has 0 radical (unpaired) electrons. The summed E-state index contributed by atoms with van der Waals surface area (Å²) < 4.78 is 34.5. The number of anilines is 2. The van der Waals surface area contributed by atoms with E-state index >= 15 is 0 Å². The number of fused-ring (bicyclic) bond motifs is 4. The number of nitrogens with zero attached hydrogens (tertiary/aromatic N) is 1. The molecular formula is C34H30ClF2N3O3. The average molecular weight is 602 g/mol. The van der Waals surface area contributed by atoms with E-state index in [0.29, 0.717) is 29.9 Å². The van der Waals surface area contributed by atoms with Gasteiger partial charge in [-0.1, -0.05) is 48.0 Å². The molecule has 0 atom stereocenters. The van der Waals surface area contributed by atoms with Gasteiger partial charge in [-0.05, 0) is 81.1 Å². The van der Waals surface area contributed by atoms with Crippen LogP contribution in [0.4, 0.5) is 25.0 Å². The summed E-state index contributed by atoms with van der Waals surface area (Å²) >= 11 is 5.89. The third-order valence-corrected chi connectivity index (χ3v) is 7.04. The fraction of sp³-hybridized carbons (Fsp3) is 0.206. The van der Waals surface area contributed by atoms with Crippen LogP contribution in [-0.4, -0.2) is 22.6 Å². The van der Waals surface area contributed by atoms with Crippen LogP contribution in [-0.2, 0) is 9.53 Å². The molecule has 9 heteroatoms. The van der Waals surface area contributed by atoms with E-state index in [9.17, 15) is 18.4 Å². The van der Waals surface area contributed by atoms with Gasteiger partial charge in [-0.2, -0.15) is 0 Å². The largest absolute Gasteiger partial charge is 0.444 e. The average Bonchev–Trinajstić information content (AvgIpc) is 2.94. The van der Waals surface area contributed by atoms with Gasteiger partial charge >= 0.3 is 6.09 Å². The van der Waals surface area contributed by atoms with Crippen molar-refractivity contribution in [1.29, 1.82) is 0 Å². The second-order valence-electron chi connectivity index (χ2n) is 11.2. The molecule has 3 aromatic carbocycles. The summed E-state index contributed by atoms with van der Waals surface area (Å²) in [5, 5.41) is 5.55. The maximum absolute atomic E-state index is 14.6. The number of aromatic nitrogens is 1. The highest BCUT2D eigenvalue weighted by molar-refractivity contribution is 6.31. The van der Waals surface area contributed by atoms with Crippen LogP contribution in [0.5, 0.6) is 0 Å². The number of amides is 2. The Labute approximate surface area is 253 Å². The van der Waals surface area contributed by atoms with Crippen molar-refractivity contribution in [3.8, 4) is 22.3 Å². The minimum absolute atomic E-state index is 0.157. The smallest absolute Gasteiger partial charge is 0.412 e. The number of nitrogens with one attached hydrogen (secondary N) is 2. The minimum Gasteiger partial charge on any atom is -0.444 e. The van der Waals surface area contributed by atoms with Crippen LogP contribution in [0, 0.1) is 11.6 Å².